The summed E-state index contributed by atoms with van der Waals surface area (Å²) in [5.74, 6) is 0.786. The maximum Gasteiger partial charge on any atom is 0.275 e. The predicted molar refractivity (Wildman–Crippen MR) is 118 cm³/mol. The predicted octanol–water partition coefficient (Wildman–Crippen LogP) is 4.67. The SMILES string of the molecule is COc1ccc(Br)cc1C(=O)N/N=C\c1ccc(OCc2cccc(C#N)c2)cc1. The molecule has 7 heteroatoms. The Labute approximate surface area is 182 Å². The number of benzene rings is 3. The Balaban J connectivity index is 1.56. The van der Waals surface area contributed by atoms with Gasteiger partial charge in [0.05, 0.1) is 30.5 Å². The summed E-state index contributed by atoms with van der Waals surface area (Å²) >= 11 is 3.34. The summed E-state index contributed by atoms with van der Waals surface area (Å²) in [5.41, 5.74) is 5.20. The van der Waals surface area contributed by atoms with Gasteiger partial charge in [0.2, 0.25) is 0 Å². The van der Waals surface area contributed by atoms with Crippen LogP contribution < -0.4 is 14.9 Å². The van der Waals surface area contributed by atoms with Crippen LogP contribution in [0.2, 0.25) is 0 Å². The fourth-order valence-electron chi connectivity index (χ4n) is 2.63. The molecule has 0 aliphatic carbocycles. The second-order valence-electron chi connectivity index (χ2n) is 6.21. The molecule has 1 N–H and O–H groups in total. The Hall–Kier alpha value is -3.63. The molecule has 1 amide bonds. The van der Waals surface area contributed by atoms with Crippen molar-refractivity contribution in [3.63, 3.8) is 0 Å². The van der Waals surface area contributed by atoms with Crippen molar-refractivity contribution in [2.75, 3.05) is 7.11 Å². The van der Waals surface area contributed by atoms with E-state index in [0.29, 0.717) is 29.2 Å². The molecule has 0 spiro atoms. The van der Waals surface area contributed by atoms with Crippen LogP contribution in [0.15, 0.2) is 76.3 Å². The topological polar surface area (TPSA) is 83.7 Å². The van der Waals surface area contributed by atoms with E-state index in [-0.39, 0.29) is 5.91 Å². The molecule has 0 aromatic heterocycles. The fraction of sp³-hybridized carbons (Fsp3) is 0.0870. The monoisotopic (exact) mass is 463 g/mol. The summed E-state index contributed by atoms with van der Waals surface area (Å²) in [5, 5.41) is 12.9. The van der Waals surface area contributed by atoms with E-state index < -0.39 is 0 Å². The van der Waals surface area contributed by atoms with Crippen LogP contribution >= 0.6 is 15.9 Å². The van der Waals surface area contributed by atoms with Crippen molar-refractivity contribution in [2.45, 2.75) is 6.61 Å². The van der Waals surface area contributed by atoms with Gasteiger partial charge in [-0.25, -0.2) is 5.43 Å². The second kappa shape index (κ2) is 10.2. The number of carbonyl (C=O) groups excluding carboxylic acids is 1. The minimum Gasteiger partial charge on any atom is -0.496 e. The molecule has 6 nitrogen and oxygen atoms in total. The Morgan fingerprint density at radius 2 is 1.97 bits per heavy atom. The number of hydrogen-bond donors (Lipinski definition) is 1. The number of ether oxygens (including phenoxy) is 2. The molecule has 0 radical (unpaired) electrons. The van der Waals surface area contributed by atoms with Crippen LogP contribution in [-0.2, 0) is 6.61 Å². The minimum atomic E-state index is -0.371. The largest absolute Gasteiger partial charge is 0.496 e. The zero-order valence-corrected chi connectivity index (χ0v) is 17.7. The number of amides is 1. The Bertz CT molecular complexity index is 1110. The summed E-state index contributed by atoms with van der Waals surface area (Å²) in [6, 6.07) is 21.9. The number of hydrazone groups is 1. The molecule has 0 unspecified atom stereocenters. The van der Waals surface area contributed by atoms with Crippen molar-refractivity contribution < 1.29 is 14.3 Å². The molecule has 0 fully saturated rings. The van der Waals surface area contributed by atoms with Crippen molar-refractivity contribution in [1.29, 1.82) is 5.26 Å². The van der Waals surface area contributed by atoms with Gasteiger partial charge in [-0.1, -0.05) is 28.1 Å². The number of rotatable bonds is 7. The van der Waals surface area contributed by atoms with Gasteiger partial charge in [-0.3, -0.25) is 4.79 Å². The third-order valence-electron chi connectivity index (χ3n) is 4.13. The molecular formula is C23H18BrN3O3. The van der Waals surface area contributed by atoms with Crippen molar-refractivity contribution in [3.05, 3.63) is 93.5 Å². The van der Waals surface area contributed by atoms with Crippen LogP contribution in [0.3, 0.4) is 0 Å². The highest BCUT2D eigenvalue weighted by atomic mass is 79.9. The molecule has 150 valence electrons. The van der Waals surface area contributed by atoms with Gasteiger partial charge in [0.1, 0.15) is 18.1 Å². The molecule has 30 heavy (non-hydrogen) atoms. The maximum atomic E-state index is 12.3. The average Bonchev–Trinajstić information content (AvgIpc) is 2.78. The summed E-state index contributed by atoms with van der Waals surface area (Å²) in [7, 11) is 1.51. The van der Waals surface area contributed by atoms with Gasteiger partial charge in [-0.15, -0.1) is 0 Å². The Morgan fingerprint density at radius 3 is 2.70 bits per heavy atom. The molecule has 0 saturated heterocycles. The summed E-state index contributed by atoms with van der Waals surface area (Å²) in [4.78, 5) is 12.3. The van der Waals surface area contributed by atoms with Crippen molar-refractivity contribution in [2.24, 2.45) is 5.10 Å². The van der Waals surface area contributed by atoms with E-state index in [4.69, 9.17) is 14.7 Å². The van der Waals surface area contributed by atoms with E-state index in [2.05, 4.69) is 32.5 Å². The van der Waals surface area contributed by atoms with Gasteiger partial charge in [0, 0.05) is 4.47 Å². The van der Waals surface area contributed by atoms with Crippen LogP contribution in [0, 0.1) is 11.3 Å². The fourth-order valence-corrected chi connectivity index (χ4v) is 2.99. The lowest BCUT2D eigenvalue weighted by Gasteiger charge is -2.07. The first kappa shape index (κ1) is 21.1. The normalized spacial score (nSPS) is 10.4. The average molecular weight is 464 g/mol. The number of carbonyl (C=O) groups is 1. The van der Waals surface area contributed by atoms with Crippen molar-refractivity contribution in [1.82, 2.24) is 5.43 Å². The van der Waals surface area contributed by atoms with Gasteiger partial charge in [0.15, 0.2) is 0 Å². The smallest absolute Gasteiger partial charge is 0.275 e. The van der Waals surface area contributed by atoms with Gasteiger partial charge in [-0.05, 0) is 65.7 Å². The lowest BCUT2D eigenvalue weighted by Crippen LogP contribution is -2.18. The number of nitrogens with one attached hydrogen (secondary N) is 1. The Kier molecular flexibility index (Phi) is 7.19. The molecule has 3 aromatic rings. The van der Waals surface area contributed by atoms with Gasteiger partial charge >= 0.3 is 0 Å². The first-order chi connectivity index (χ1) is 14.6. The quantitative estimate of drug-likeness (QED) is 0.407. The zero-order chi connectivity index (χ0) is 21.3. The van der Waals surface area contributed by atoms with Crippen LogP contribution in [0.1, 0.15) is 27.0 Å². The number of nitriles is 1. The van der Waals surface area contributed by atoms with Gasteiger partial charge in [0.25, 0.3) is 5.91 Å². The maximum absolute atomic E-state index is 12.3. The van der Waals surface area contributed by atoms with Crippen molar-refractivity contribution >= 4 is 28.1 Å². The molecule has 0 heterocycles. The molecular weight excluding hydrogens is 446 g/mol. The third kappa shape index (κ3) is 5.69. The van der Waals surface area contributed by atoms with Gasteiger partial charge in [-0.2, -0.15) is 10.4 Å². The highest BCUT2D eigenvalue weighted by Gasteiger charge is 2.11. The van der Waals surface area contributed by atoms with Crippen LogP contribution in [0.4, 0.5) is 0 Å². The molecule has 0 aliphatic heterocycles. The third-order valence-corrected chi connectivity index (χ3v) is 4.62. The minimum absolute atomic E-state index is 0.369. The molecule has 0 saturated carbocycles. The highest BCUT2D eigenvalue weighted by molar-refractivity contribution is 9.10. The first-order valence-corrected chi connectivity index (χ1v) is 9.77. The van der Waals surface area contributed by atoms with E-state index in [1.807, 2.05) is 36.4 Å². The summed E-state index contributed by atoms with van der Waals surface area (Å²) in [6.45, 7) is 0.369. The summed E-state index contributed by atoms with van der Waals surface area (Å²) in [6.07, 6.45) is 1.54. The number of hydrogen-bond acceptors (Lipinski definition) is 5. The molecule has 0 aliphatic rings. The standard InChI is InChI=1S/C23H18BrN3O3/c1-29-22-10-7-19(24)12-21(22)23(28)27-26-14-16-5-8-20(9-6-16)30-15-18-4-2-3-17(11-18)13-25/h2-12,14H,15H2,1H3,(H,27,28)/b26-14-. The van der Waals surface area contributed by atoms with Crippen LogP contribution in [0.5, 0.6) is 11.5 Å². The van der Waals surface area contributed by atoms with E-state index in [9.17, 15) is 4.79 Å². The number of nitrogens with zero attached hydrogens (tertiary/aromatic N) is 2. The Morgan fingerprint density at radius 1 is 1.17 bits per heavy atom. The van der Waals surface area contributed by atoms with E-state index in [1.54, 1.807) is 36.5 Å². The van der Waals surface area contributed by atoms with E-state index in [1.165, 1.54) is 7.11 Å². The lowest BCUT2D eigenvalue weighted by atomic mass is 10.1. The van der Waals surface area contributed by atoms with Crippen LogP contribution in [-0.4, -0.2) is 19.2 Å². The lowest BCUT2D eigenvalue weighted by molar-refractivity contribution is 0.0952. The second-order valence-corrected chi connectivity index (χ2v) is 7.13. The van der Waals surface area contributed by atoms with Gasteiger partial charge < -0.3 is 9.47 Å². The molecule has 3 rings (SSSR count). The van der Waals surface area contributed by atoms with E-state index >= 15 is 0 Å². The van der Waals surface area contributed by atoms with E-state index in [0.717, 1.165) is 15.6 Å². The molecule has 0 bridgehead atoms. The summed E-state index contributed by atoms with van der Waals surface area (Å²) < 4.78 is 11.7. The molecule has 3 aromatic carbocycles. The highest BCUT2D eigenvalue weighted by Crippen LogP contribution is 2.22. The zero-order valence-electron chi connectivity index (χ0n) is 16.1. The van der Waals surface area contributed by atoms with Crippen LogP contribution in [0.25, 0.3) is 0 Å². The number of halogens is 1. The first-order valence-electron chi connectivity index (χ1n) is 8.98. The number of methoxy groups -OCH3 is 1. The molecule has 0 atom stereocenters. The van der Waals surface area contributed by atoms with Crippen molar-refractivity contribution in [3.8, 4) is 17.6 Å².